The molecule has 2 aromatic carbocycles. The number of anilines is 2. The monoisotopic (exact) mass is 280 g/mol. The molecule has 0 amide bonds. The lowest BCUT2D eigenvalue weighted by Crippen LogP contribution is -2.04. The van der Waals surface area contributed by atoms with Gasteiger partial charge in [0.05, 0.1) is 5.69 Å². The number of aryl methyl sites for hydroxylation is 1. The zero-order chi connectivity index (χ0) is 14.8. The molecule has 0 saturated carbocycles. The lowest BCUT2D eigenvalue weighted by atomic mass is 10.1. The van der Waals surface area contributed by atoms with Crippen molar-refractivity contribution < 1.29 is 0 Å². The Morgan fingerprint density at radius 3 is 2.67 bits per heavy atom. The number of rotatable bonds is 3. The third kappa shape index (κ3) is 2.31. The Kier molecular flexibility index (Phi) is 3.27. The van der Waals surface area contributed by atoms with Gasteiger partial charge >= 0.3 is 0 Å². The summed E-state index contributed by atoms with van der Waals surface area (Å²) in [5.41, 5.74) is 15.8. The summed E-state index contributed by atoms with van der Waals surface area (Å²) in [5, 5.41) is 12.0. The first-order chi connectivity index (χ1) is 10.2. The third-order valence-corrected chi connectivity index (χ3v) is 3.39. The van der Waals surface area contributed by atoms with E-state index >= 15 is 0 Å². The van der Waals surface area contributed by atoms with Gasteiger partial charge in [-0.15, -0.1) is 5.10 Å². The molecule has 0 aliphatic rings. The molecule has 6 heteroatoms. The fraction of sp³-hybridized carbons (Fsp3) is 0.133. The van der Waals surface area contributed by atoms with Gasteiger partial charge in [0.15, 0.2) is 5.82 Å². The average molecular weight is 280 g/mol. The Bertz CT molecular complexity index is 777. The molecule has 3 aromatic rings. The van der Waals surface area contributed by atoms with E-state index in [1.807, 2.05) is 24.3 Å². The van der Waals surface area contributed by atoms with Gasteiger partial charge in [-0.25, -0.2) is 0 Å². The van der Waals surface area contributed by atoms with Gasteiger partial charge in [-0.2, -0.15) is 4.68 Å². The highest BCUT2D eigenvalue weighted by Gasteiger charge is 2.15. The maximum Gasteiger partial charge on any atom is 0.189 e. The molecular weight excluding hydrogens is 264 g/mol. The summed E-state index contributed by atoms with van der Waals surface area (Å²) in [5.74, 6) is 0.605. The molecule has 1 heterocycles. The van der Waals surface area contributed by atoms with Crippen LogP contribution in [0.2, 0.25) is 0 Å². The molecule has 0 radical (unpaired) electrons. The Morgan fingerprint density at radius 1 is 1.10 bits per heavy atom. The van der Waals surface area contributed by atoms with Crippen molar-refractivity contribution in [3.63, 3.8) is 0 Å². The first-order valence-electron chi connectivity index (χ1n) is 6.72. The number of aromatic nitrogens is 4. The van der Waals surface area contributed by atoms with Gasteiger partial charge in [0.2, 0.25) is 0 Å². The maximum absolute atomic E-state index is 6.04. The van der Waals surface area contributed by atoms with Gasteiger partial charge in [-0.05, 0) is 46.7 Å². The first kappa shape index (κ1) is 13.1. The molecule has 1 aromatic heterocycles. The van der Waals surface area contributed by atoms with Crippen LogP contribution in [0.1, 0.15) is 12.5 Å². The lowest BCUT2D eigenvalue weighted by molar-refractivity contribution is 0.783. The second kappa shape index (κ2) is 5.24. The highest BCUT2D eigenvalue weighted by molar-refractivity contribution is 5.75. The molecule has 0 spiro atoms. The van der Waals surface area contributed by atoms with Crippen LogP contribution in [0.3, 0.4) is 0 Å². The van der Waals surface area contributed by atoms with Gasteiger partial charge in [0.25, 0.3) is 0 Å². The smallest absolute Gasteiger partial charge is 0.189 e. The fourth-order valence-electron chi connectivity index (χ4n) is 2.32. The lowest BCUT2D eigenvalue weighted by Gasteiger charge is -2.10. The predicted octanol–water partition coefficient (Wildman–Crippen LogP) is 2.06. The summed E-state index contributed by atoms with van der Waals surface area (Å²) < 4.78 is 1.71. The van der Waals surface area contributed by atoms with Crippen LogP contribution in [0.25, 0.3) is 17.1 Å². The quantitative estimate of drug-likeness (QED) is 0.716. The SMILES string of the molecule is CCc1ccccc1-n1nnnc1-c1ccc(N)cc1N. The fourth-order valence-corrected chi connectivity index (χ4v) is 2.32. The Hall–Kier alpha value is -2.89. The normalized spacial score (nSPS) is 10.7. The molecule has 0 atom stereocenters. The van der Waals surface area contributed by atoms with E-state index in [0.29, 0.717) is 17.2 Å². The standard InChI is InChI=1S/C15H16N6/c1-2-10-5-3-4-6-14(10)21-15(18-19-20-21)12-8-7-11(16)9-13(12)17/h3-9H,2,16-17H2,1H3. The number of nitrogens with zero attached hydrogens (tertiary/aromatic N) is 4. The van der Waals surface area contributed by atoms with E-state index < -0.39 is 0 Å². The molecule has 0 aliphatic carbocycles. The first-order valence-corrected chi connectivity index (χ1v) is 6.72. The van der Waals surface area contributed by atoms with Crippen LogP contribution < -0.4 is 11.5 Å². The number of nitrogen functional groups attached to an aromatic ring is 2. The van der Waals surface area contributed by atoms with Crippen molar-refractivity contribution >= 4 is 11.4 Å². The molecule has 0 bridgehead atoms. The van der Waals surface area contributed by atoms with Crippen LogP contribution in [-0.4, -0.2) is 20.2 Å². The molecule has 3 rings (SSSR count). The highest BCUT2D eigenvalue weighted by atomic mass is 15.5. The van der Waals surface area contributed by atoms with Gasteiger partial charge in [-0.1, -0.05) is 25.1 Å². The number of nitrogens with two attached hydrogens (primary N) is 2. The number of para-hydroxylation sites is 1. The van der Waals surface area contributed by atoms with Crippen molar-refractivity contribution in [1.82, 2.24) is 20.2 Å². The van der Waals surface area contributed by atoms with Gasteiger partial charge in [0.1, 0.15) is 0 Å². The Balaban J connectivity index is 2.17. The van der Waals surface area contributed by atoms with E-state index in [9.17, 15) is 0 Å². The Labute approximate surface area is 122 Å². The second-order valence-electron chi connectivity index (χ2n) is 4.74. The second-order valence-corrected chi connectivity index (χ2v) is 4.74. The largest absolute Gasteiger partial charge is 0.399 e. The van der Waals surface area contributed by atoms with Crippen LogP contribution >= 0.6 is 0 Å². The van der Waals surface area contributed by atoms with E-state index in [2.05, 4.69) is 28.5 Å². The molecule has 6 nitrogen and oxygen atoms in total. The van der Waals surface area contributed by atoms with Gasteiger partial charge < -0.3 is 11.5 Å². The molecule has 0 fully saturated rings. The summed E-state index contributed by atoms with van der Waals surface area (Å²) in [6.07, 6.45) is 0.896. The van der Waals surface area contributed by atoms with Crippen molar-refractivity contribution in [2.45, 2.75) is 13.3 Å². The average Bonchev–Trinajstić information content (AvgIpc) is 2.96. The predicted molar refractivity (Wildman–Crippen MR) is 82.8 cm³/mol. The molecule has 21 heavy (non-hydrogen) atoms. The van der Waals surface area contributed by atoms with Crippen LogP contribution in [0.15, 0.2) is 42.5 Å². The number of benzene rings is 2. The minimum absolute atomic E-state index is 0.556. The van der Waals surface area contributed by atoms with Crippen molar-refractivity contribution in [3.8, 4) is 17.1 Å². The van der Waals surface area contributed by atoms with Crippen molar-refractivity contribution in [2.24, 2.45) is 0 Å². The Morgan fingerprint density at radius 2 is 1.90 bits per heavy atom. The van der Waals surface area contributed by atoms with Crippen LogP contribution in [0.4, 0.5) is 11.4 Å². The van der Waals surface area contributed by atoms with Gasteiger partial charge in [-0.3, -0.25) is 0 Å². The minimum atomic E-state index is 0.556. The number of hydrogen-bond acceptors (Lipinski definition) is 5. The van der Waals surface area contributed by atoms with E-state index in [0.717, 1.165) is 17.7 Å². The van der Waals surface area contributed by atoms with Crippen LogP contribution in [0.5, 0.6) is 0 Å². The maximum atomic E-state index is 6.04. The molecule has 0 unspecified atom stereocenters. The highest BCUT2D eigenvalue weighted by Crippen LogP contribution is 2.28. The summed E-state index contributed by atoms with van der Waals surface area (Å²) in [6, 6.07) is 13.4. The molecule has 0 saturated heterocycles. The number of hydrogen-bond donors (Lipinski definition) is 2. The molecule has 4 N–H and O–H groups in total. The topological polar surface area (TPSA) is 95.6 Å². The van der Waals surface area contributed by atoms with Crippen LogP contribution in [-0.2, 0) is 6.42 Å². The zero-order valence-electron chi connectivity index (χ0n) is 11.7. The zero-order valence-corrected chi connectivity index (χ0v) is 11.7. The molecule has 0 aliphatic heterocycles. The molecule has 106 valence electrons. The summed E-state index contributed by atoms with van der Waals surface area (Å²) in [6.45, 7) is 2.10. The van der Waals surface area contributed by atoms with Gasteiger partial charge in [0, 0.05) is 16.9 Å². The third-order valence-electron chi connectivity index (χ3n) is 3.39. The van der Waals surface area contributed by atoms with Crippen molar-refractivity contribution in [3.05, 3.63) is 48.0 Å². The number of tetrazole rings is 1. The molecular formula is C15H16N6. The summed E-state index contributed by atoms with van der Waals surface area (Å²) in [7, 11) is 0. The van der Waals surface area contributed by atoms with Crippen molar-refractivity contribution in [2.75, 3.05) is 11.5 Å². The summed E-state index contributed by atoms with van der Waals surface area (Å²) >= 11 is 0. The van der Waals surface area contributed by atoms with Crippen LogP contribution in [0, 0.1) is 0 Å². The minimum Gasteiger partial charge on any atom is -0.399 e. The summed E-state index contributed by atoms with van der Waals surface area (Å²) in [4.78, 5) is 0. The van der Waals surface area contributed by atoms with Crippen molar-refractivity contribution in [1.29, 1.82) is 0 Å². The van der Waals surface area contributed by atoms with E-state index in [4.69, 9.17) is 11.5 Å². The van der Waals surface area contributed by atoms with E-state index in [1.165, 1.54) is 5.56 Å². The van der Waals surface area contributed by atoms with E-state index in [1.54, 1.807) is 16.8 Å². The van der Waals surface area contributed by atoms with E-state index in [-0.39, 0.29) is 0 Å².